The molecule has 1 unspecified atom stereocenters. The zero-order valence-corrected chi connectivity index (χ0v) is 14.6. The van der Waals surface area contributed by atoms with Crippen LogP contribution < -0.4 is 10.1 Å². The van der Waals surface area contributed by atoms with Crippen LogP contribution >= 0.6 is 23.4 Å². The Morgan fingerprint density at radius 2 is 2.00 bits per heavy atom. The number of amides is 1. The van der Waals surface area contributed by atoms with Crippen molar-refractivity contribution < 1.29 is 9.53 Å². The molecule has 0 saturated heterocycles. The standard InChI is InChI=1S/C17H24ClNO2S/c1-13(21-15-9-7-14(18)8-10-15)17(20)19-11-12-22-16-5-3-2-4-6-16/h7-10,13,16H,2-6,11-12H2,1H3,(H,19,20). The Balaban J connectivity index is 1.62. The van der Waals surface area contributed by atoms with Crippen LogP contribution in [0, 0.1) is 0 Å². The fourth-order valence-corrected chi connectivity index (χ4v) is 3.89. The summed E-state index contributed by atoms with van der Waals surface area (Å²) >= 11 is 7.81. The van der Waals surface area contributed by atoms with Gasteiger partial charge in [0.2, 0.25) is 0 Å². The lowest BCUT2D eigenvalue weighted by molar-refractivity contribution is -0.127. The second-order valence-corrected chi connectivity index (χ2v) is 7.48. The molecule has 0 radical (unpaired) electrons. The first-order valence-corrected chi connectivity index (χ1v) is 9.39. The van der Waals surface area contributed by atoms with Gasteiger partial charge in [-0.25, -0.2) is 0 Å². The maximum atomic E-state index is 12.0. The van der Waals surface area contributed by atoms with Crippen LogP contribution in [0.3, 0.4) is 0 Å². The Hall–Kier alpha value is -0.870. The van der Waals surface area contributed by atoms with Gasteiger partial charge in [-0.05, 0) is 44.0 Å². The van der Waals surface area contributed by atoms with Gasteiger partial charge in [-0.3, -0.25) is 4.79 Å². The van der Waals surface area contributed by atoms with Crippen LogP contribution in [-0.2, 0) is 4.79 Å². The maximum Gasteiger partial charge on any atom is 0.260 e. The number of carbonyl (C=O) groups excluding carboxylic acids is 1. The molecule has 1 atom stereocenters. The fourth-order valence-electron chi connectivity index (χ4n) is 2.55. The highest BCUT2D eigenvalue weighted by molar-refractivity contribution is 7.99. The third-order valence-electron chi connectivity index (χ3n) is 3.80. The van der Waals surface area contributed by atoms with Crippen LogP contribution in [0.4, 0.5) is 0 Å². The SMILES string of the molecule is CC(Oc1ccc(Cl)cc1)C(=O)NCCSC1CCCCC1. The van der Waals surface area contributed by atoms with Gasteiger partial charge in [-0.1, -0.05) is 30.9 Å². The van der Waals surface area contributed by atoms with Gasteiger partial charge in [0.25, 0.3) is 5.91 Å². The van der Waals surface area contributed by atoms with Crippen molar-refractivity contribution in [2.75, 3.05) is 12.3 Å². The number of rotatable bonds is 7. The van der Waals surface area contributed by atoms with Crippen molar-refractivity contribution in [2.45, 2.75) is 50.4 Å². The van der Waals surface area contributed by atoms with E-state index in [9.17, 15) is 4.79 Å². The van der Waals surface area contributed by atoms with Gasteiger partial charge in [-0.2, -0.15) is 11.8 Å². The van der Waals surface area contributed by atoms with Crippen molar-refractivity contribution in [3.8, 4) is 5.75 Å². The number of benzene rings is 1. The average molecular weight is 342 g/mol. The Morgan fingerprint density at radius 3 is 2.68 bits per heavy atom. The molecule has 1 amide bonds. The third-order valence-corrected chi connectivity index (χ3v) is 5.44. The number of carbonyl (C=O) groups is 1. The molecule has 1 saturated carbocycles. The number of hydrogen-bond acceptors (Lipinski definition) is 3. The predicted octanol–water partition coefficient (Wildman–Crippen LogP) is 4.29. The minimum absolute atomic E-state index is 0.0702. The molecule has 1 aliphatic rings. The lowest BCUT2D eigenvalue weighted by Gasteiger charge is -2.21. The van der Waals surface area contributed by atoms with Crippen molar-refractivity contribution in [1.29, 1.82) is 0 Å². The summed E-state index contributed by atoms with van der Waals surface area (Å²) in [4.78, 5) is 12.0. The van der Waals surface area contributed by atoms with Gasteiger partial charge in [-0.15, -0.1) is 0 Å². The number of nitrogens with one attached hydrogen (secondary N) is 1. The zero-order chi connectivity index (χ0) is 15.8. The summed E-state index contributed by atoms with van der Waals surface area (Å²) in [5, 5.41) is 4.39. The van der Waals surface area contributed by atoms with E-state index in [0.717, 1.165) is 11.0 Å². The van der Waals surface area contributed by atoms with E-state index in [1.165, 1.54) is 32.1 Å². The van der Waals surface area contributed by atoms with Crippen molar-refractivity contribution in [2.24, 2.45) is 0 Å². The van der Waals surface area contributed by atoms with E-state index in [2.05, 4.69) is 5.32 Å². The van der Waals surface area contributed by atoms with Crippen molar-refractivity contribution in [1.82, 2.24) is 5.32 Å². The lowest BCUT2D eigenvalue weighted by atomic mass is 10.0. The first-order valence-electron chi connectivity index (χ1n) is 7.96. The highest BCUT2D eigenvalue weighted by atomic mass is 35.5. The van der Waals surface area contributed by atoms with Crippen molar-refractivity contribution in [3.63, 3.8) is 0 Å². The minimum atomic E-state index is -0.499. The van der Waals surface area contributed by atoms with Crippen LogP contribution in [0.15, 0.2) is 24.3 Å². The minimum Gasteiger partial charge on any atom is -0.481 e. The second kappa shape index (κ2) is 9.31. The number of ether oxygens (including phenoxy) is 1. The largest absolute Gasteiger partial charge is 0.481 e. The van der Waals surface area contributed by atoms with E-state index < -0.39 is 6.10 Å². The molecule has 22 heavy (non-hydrogen) atoms. The monoisotopic (exact) mass is 341 g/mol. The van der Waals surface area contributed by atoms with Gasteiger partial charge < -0.3 is 10.1 Å². The molecule has 1 aliphatic carbocycles. The second-order valence-electron chi connectivity index (χ2n) is 5.64. The first kappa shape index (κ1) is 17.5. The highest BCUT2D eigenvalue weighted by Crippen LogP contribution is 2.27. The molecule has 1 N–H and O–H groups in total. The molecule has 122 valence electrons. The topological polar surface area (TPSA) is 38.3 Å². The molecule has 0 aliphatic heterocycles. The van der Waals surface area contributed by atoms with Crippen molar-refractivity contribution in [3.05, 3.63) is 29.3 Å². The molecule has 0 spiro atoms. The molecule has 1 aromatic carbocycles. The van der Waals surface area contributed by atoms with Gasteiger partial charge >= 0.3 is 0 Å². The number of thioether (sulfide) groups is 1. The molecular weight excluding hydrogens is 318 g/mol. The summed E-state index contributed by atoms with van der Waals surface area (Å²) in [6, 6.07) is 7.04. The van der Waals surface area contributed by atoms with E-state index in [0.29, 0.717) is 17.3 Å². The molecule has 0 heterocycles. The van der Waals surface area contributed by atoms with Crippen LogP contribution in [0.5, 0.6) is 5.75 Å². The average Bonchev–Trinajstić information content (AvgIpc) is 2.54. The van der Waals surface area contributed by atoms with Crippen LogP contribution in [0.25, 0.3) is 0 Å². The maximum absolute atomic E-state index is 12.0. The lowest BCUT2D eigenvalue weighted by Crippen LogP contribution is -2.37. The molecule has 2 rings (SSSR count). The summed E-state index contributed by atoms with van der Waals surface area (Å²) in [6.45, 7) is 2.46. The predicted molar refractivity (Wildman–Crippen MR) is 93.9 cm³/mol. The summed E-state index contributed by atoms with van der Waals surface area (Å²) in [5.74, 6) is 1.56. The van der Waals surface area contributed by atoms with Crippen molar-refractivity contribution >= 4 is 29.3 Å². The summed E-state index contributed by atoms with van der Waals surface area (Å²) < 4.78 is 5.60. The molecule has 0 bridgehead atoms. The Kier molecular flexibility index (Phi) is 7.40. The molecule has 1 aromatic rings. The van der Waals surface area contributed by atoms with Gasteiger partial charge in [0.1, 0.15) is 5.75 Å². The summed E-state index contributed by atoms with van der Waals surface area (Å²) in [5.41, 5.74) is 0. The Labute approximate surface area is 142 Å². The molecule has 3 nitrogen and oxygen atoms in total. The number of halogens is 1. The van der Waals surface area contributed by atoms with Gasteiger partial charge in [0.15, 0.2) is 6.10 Å². The van der Waals surface area contributed by atoms with Crippen LogP contribution in [0.1, 0.15) is 39.0 Å². The quantitative estimate of drug-likeness (QED) is 0.752. The Bertz CT molecular complexity index is 460. The van der Waals surface area contributed by atoms with E-state index in [4.69, 9.17) is 16.3 Å². The summed E-state index contributed by atoms with van der Waals surface area (Å²) in [7, 11) is 0. The molecule has 1 fully saturated rings. The van der Waals surface area contributed by atoms with Gasteiger partial charge in [0.05, 0.1) is 0 Å². The van der Waals surface area contributed by atoms with Gasteiger partial charge in [0, 0.05) is 22.6 Å². The van der Waals surface area contributed by atoms with E-state index in [1.54, 1.807) is 31.2 Å². The molecule has 0 aromatic heterocycles. The highest BCUT2D eigenvalue weighted by Gasteiger charge is 2.16. The van der Waals surface area contributed by atoms with E-state index >= 15 is 0 Å². The van der Waals surface area contributed by atoms with E-state index in [1.807, 2.05) is 11.8 Å². The third kappa shape index (κ3) is 6.09. The van der Waals surface area contributed by atoms with Crippen LogP contribution in [-0.4, -0.2) is 29.6 Å². The summed E-state index contributed by atoms with van der Waals surface area (Å²) in [6.07, 6.45) is 6.25. The molecule has 5 heteroatoms. The van der Waals surface area contributed by atoms with Crippen LogP contribution in [0.2, 0.25) is 5.02 Å². The first-order chi connectivity index (χ1) is 10.6. The zero-order valence-electron chi connectivity index (χ0n) is 13.0. The fraction of sp³-hybridized carbons (Fsp3) is 0.588. The smallest absolute Gasteiger partial charge is 0.260 e. The molecular formula is C17H24ClNO2S. The normalized spacial score (nSPS) is 17.0. The van der Waals surface area contributed by atoms with E-state index in [-0.39, 0.29) is 5.91 Å². The number of hydrogen-bond donors (Lipinski definition) is 1. The Morgan fingerprint density at radius 1 is 1.32 bits per heavy atom.